The van der Waals surface area contributed by atoms with Crippen LogP contribution in [0.3, 0.4) is 0 Å². The van der Waals surface area contributed by atoms with Crippen molar-refractivity contribution >= 4 is 99.6 Å². The molecule has 0 spiro atoms. The molecule has 0 heterocycles. The van der Waals surface area contributed by atoms with Crippen LogP contribution in [0.15, 0.2) is 333 Å². The highest BCUT2D eigenvalue weighted by molar-refractivity contribution is 7.93. The first-order valence-electron chi connectivity index (χ1n) is 46.7. The van der Waals surface area contributed by atoms with Crippen molar-refractivity contribution in [2.45, 2.75) is 215 Å². The second-order valence-electron chi connectivity index (χ2n) is 38.0. The molecule has 708 valence electrons. The third-order valence-electron chi connectivity index (χ3n) is 30.0. The van der Waals surface area contributed by atoms with Crippen molar-refractivity contribution in [1.29, 1.82) is 0 Å². The number of Topliss-reactive ketones (excluding diaryl/α,β-unsaturated/α-hetero) is 3. The molecule has 6 aliphatic rings. The molecule has 18 rings (SSSR count). The van der Waals surface area contributed by atoms with E-state index in [0.29, 0.717) is 15.8 Å². The Kier molecular flexibility index (Phi) is 29.5. The lowest BCUT2D eigenvalue weighted by Crippen LogP contribution is -2.53. The molecule has 0 bridgehead atoms. The molecule has 0 N–H and O–H groups in total. The maximum atomic E-state index is 14.7. The van der Waals surface area contributed by atoms with Crippen molar-refractivity contribution in [3.8, 4) is 5.75 Å². The summed E-state index contributed by atoms with van der Waals surface area (Å²) in [7, 11) is -21.8. The summed E-state index contributed by atoms with van der Waals surface area (Å²) in [6.45, 7) is 13.9. The number of rotatable bonds is 21. The number of ether oxygens (including phenoxy) is 1. The van der Waals surface area contributed by atoms with Gasteiger partial charge in [-0.15, -0.1) is 0 Å². The van der Waals surface area contributed by atoms with Gasteiger partial charge in [0, 0.05) is 82.6 Å². The van der Waals surface area contributed by atoms with Crippen LogP contribution in [0.1, 0.15) is 179 Å². The summed E-state index contributed by atoms with van der Waals surface area (Å²) in [5.74, 6) is -6.55. The SMILES string of the molecule is CCc1ccc([C@@H]2CC(=O)[C@@H]3CC(S(=O)(=O)c4ccc(Cl)cc4)[C@H](c4ccc(C)cc4)C[C@@H]3C2S(=O)(=O)c2ccc(C)cc2)cc1.CCc1ccc([C@@H]2CC(=O)[C@@H]3CC(S(=O)(=O)c4ccccc4)[C@H](c4ccc(C)cc4)C[C@@H]3C2S(=O)(=O)c2ccc(C)cc2)cc1.COc1ccc([C@@H]2CC(=O)[C@@H]3CC(S(=O)(=O)c4ccc(Cl)cc4)[C@H](c4ccc(C)cc4)C[C@@H]3C2S(=O)(=O)c2ccccc2)cc1. The van der Waals surface area contributed by atoms with Gasteiger partial charge in [-0.3, -0.25) is 14.4 Å². The Morgan fingerprint density at radius 1 is 0.250 bits per heavy atom. The van der Waals surface area contributed by atoms with Gasteiger partial charge >= 0.3 is 0 Å². The number of aryl methyl sites for hydroxylation is 7. The van der Waals surface area contributed by atoms with E-state index in [2.05, 4.69) is 13.8 Å². The van der Waals surface area contributed by atoms with Crippen LogP contribution in [0, 0.1) is 70.1 Å². The van der Waals surface area contributed by atoms with Crippen molar-refractivity contribution in [1.82, 2.24) is 0 Å². The number of ketones is 3. The van der Waals surface area contributed by atoms with Crippen LogP contribution in [0.4, 0.5) is 0 Å². The topological polar surface area (TPSA) is 265 Å². The smallest absolute Gasteiger partial charge is 0.182 e. The molecule has 12 aromatic rings. The van der Waals surface area contributed by atoms with E-state index in [0.717, 1.165) is 85.2 Å². The highest BCUT2D eigenvalue weighted by Gasteiger charge is 2.61. The summed E-state index contributed by atoms with van der Waals surface area (Å²) in [6.07, 6.45) is 2.81. The van der Waals surface area contributed by atoms with Gasteiger partial charge in [0.15, 0.2) is 59.0 Å². The van der Waals surface area contributed by atoms with Crippen molar-refractivity contribution in [2.24, 2.45) is 35.5 Å². The van der Waals surface area contributed by atoms with Crippen molar-refractivity contribution in [2.75, 3.05) is 7.11 Å². The highest BCUT2D eigenvalue weighted by atomic mass is 35.5. The molecular weight excluding hydrogens is 1860 g/mol. The van der Waals surface area contributed by atoms with Crippen molar-refractivity contribution < 1.29 is 69.6 Å². The maximum Gasteiger partial charge on any atom is 0.182 e. The molecule has 18 atom stereocenters. The highest BCUT2D eigenvalue weighted by Crippen LogP contribution is 2.59. The Morgan fingerprint density at radius 2 is 0.463 bits per heavy atom. The normalized spacial score (nSPS) is 25.3. The molecule has 0 amide bonds. The molecule has 0 aromatic heterocycles. The molecular formula is C112H114Cl2O16S6. The first kappa shape index (κ1) is 98.8. The Labute approximate surface area is 812 Å². The average Bonchev–Trinajstić information content (AvgIpc) is 0.729. The first-order chi connectivity index (χ1) is 64.9. The van der Waals surface area contributed by atoms with Crippen molar-refractivity contribution in [3.05, 3.63) is 386 Å². The molecule has 6 unspecified atom stereocenters. The Hall–Kier alpha value is -10.3. The fourth-order valence-corrected chi connectivity index (χ4v) is 35.9. The lowest BCUT2D eigenvalue weighted by Gasteiger charge is -2.48. The average molecular weight is 1980 g/mol. The van der Waals surface area contributed by atoms with Crippen LogP contribution < -0.4 is 4.74 Å². The molecule has 12 aromatic carbocycles. The van der Waals surface area contributed by atoms with E-state index in [4.69, 9.17) is 27.9 Å². The van der Waals surface area contributed by atoms with Crippen molar-refractivity contribution in [3.63, 3.8) is 0 Å². The Morgan fingerprint density at radius 3 is 0.721 bits per heavy atom. The number of fused-ring (bicyclic) bond motifs is 3. The van der Waals surface area contributed by atoms with Crippen LogP contribution >= 0.6 is 23.2 Å². The number of halogens is 2. The molecule has 24 heteroatoms. The molecule has 6 aliphatic carbocycles. The van der Waals surface area contributed by atoms with E-state index in [1.54, 1.807) is 141 Å². The Bertz CT molecular complexity index is 7060. The molecule has 0 radical (unpaired) electrons. The summed E-state index contributed by atoms with van der Waals surface area (Å²) in [6, 6.07) is 89.4. The minimum atomic E-state index is -3.94. The second-order valence-corrected chi connectivity index (χ2v) is 51.7. The van der Waals surface area contributed by atoms with Gasteiger partial charge in [-0.25, -0.2) is 50.5 Å². The number of benzene rings is 12. The second kappa shape index (κ2) is 40.7. The van der Waals surface area contributed by atoms with E-state index in [1.807, 2.05) is 180 Å². The third kappa shape index (κ3) is 20.2. The fourth-order valence-electron chi connectivity index (χ4n) is 22.7. The van der Waals surface area contributed by atoms with Crippen LogP contribution in [0.25, 0.3) is 0 Å². The lowest BCUT2D eigenvalue weighted by atomic mass is 9.61. The monoisotopic (exact) mass is 1980 g/mol. The lowest BCUT2D eigenvalue weighted by molar-refractivity contribution is -0.129. The van der Waals surface area contributed by atoms with Gasteiger partial charge in [-0.05, 0) is 257 Å². The minimum Gasteiger partial charge on any atom is -0.497 e. The number of methoxy groups -OCH3 is 1. The summed E-state index contributed by atoms with van der Waals surface area (Å²) in [5.41, 5.74) is 12.2. The van der Waals surface area contributed by atoms with Gasteiger partial charge in [-0.2, -0.15) is 0 Å². The predicted octanol–water partition coefficient (Wildman–Crippen LogP) is 22.7. The van der Waals surface area contributed by atoms with E-state index >= 15 is 0 Å². The molecule has 0 aliphatic heterocycles. The molecule has 16 nitrogen and oxygen atoms in total. The van der Waals surface area contributed by atoms with Gasteiger partial charge in [0.25, 0.3) is 0 Å². The summed E-state index contributed by atoms with van der Waals surface area (Å²) < 4.78 is 179. The predicted molar refractivity (Wildman–Crippen MR) is 536 cm³/mol. The number of hydrogen-bond donors (Lipinski definition) is 0. The summed E-state index contributed by atoms with van der Waals surface area (Å²) in [4.78, 5) is 43.5. The van der Waals surface area contributed by atoms with E-state index in [-0.39, 0.29) is 105 Å². The van der Waals surface area contributed by atoms with Gasteiger partial charge in [-0.1, -0.05) is 259 Å². The quantitative estimate of drug-likeness (QED) is 0.0647. The fraction of sp³-hybridized carbons (Fsp3) is 0.330. The van der Waals surface area contributed by atoms with E-state index < -0.39 is 162 Å². The van der Waals surface area contributed by atoms with E-state index in [1.165, 1.54) is 24.3 Å². The Balaban J connectivity index is 0.000000148. The third-order valence-corrected chi connectivity index (χ3v) is 44.2. The number of sulfone groups is 6. The number of carbonyl (C=O) groups is 3. The molecule has 6 fully saturated rings. The number of carbonyl (C=O) groups excluding carboxylic acids is 3. The number of hydrogen-bond acceptors (Lipinski definition) is 16. The maximum absolute atomic E-state index is 14.7. The zero-order valence-corrected chi connectivity index (χ0v) is 83.7. The minimum absolute atomic E-state index is 0.00708. The van der Waals surface area contributed by atoms with E-state index in [9.17, 15) is 64.9 Å². The van der Waals surface area contributed by atoms with Gasteiger partial charge in [0.1, 0.15) is 23.1 Å². The van der Waals surface area contributed by atoms with Crippen LogP contribution in [0.5, 0.6) is 5.75 Å². The van der Waals surface area contributed by atoms with Crippen LogP contribution in [-0.4, -0.2) is 106 Å². The standard InChI is InChI=1S/C38H39ClO5S2.C38H40O5S2.C36H35ClO6S2/c1-4-26-9-13-28(14-10-26)33-22-36(40)34-23-37(45(41,42)30-19-15-29(39)16-20-30)32(27-11-5-24(2)6-12-27)21-35(34)38(33)46(43,44)31-17-7-25(3)8-18-31;1-4-27-14-18-29(19-15-27)33-23-36(39)34-24-37(44(40,41)30-8-6-5-7-9-30)32(28-16-10-25(2)11-17-28)22-35(34)38(33)45(42,43)31-20-12-26(3)13-21-31;1-23-8-10-24(11-9-23)30-20-33-32(22-35(30)44(39,40)29-18-14-26(37)15-19-29)34(38)21-31(25-12-16-27(43-2)17-13-25)36(33)45(41,42)28-6-4-3-5-7-28/h5-20,32-35,37-38H,4,21-23H2,1-3H3;5-21,32-35,37-38H,4,22-24H2,1-3H3;3-19,30-33,35-36H,20-22H2,1-2H3/t2*32-,33-,34+,35-,37?,38?;30-,31-,32+,33-,35?,36?/m000/s1. The summed E-state index contributed by atoms with van der Waals surface area (Å²) in [5, 5.41) is -4.50. The van der Waals surface area contributed by atoms with Gasteiger partial charge in [0.2, 0.25) is 0 Å². The zero-order chi connectivity index (χ0) is 96.7. The van der Waals surface area contributed by atoms with Gasteiger partial charge < -0.3 is 4.74 Å². The van der Waals surface area contributed by atoms with Gasteiger partial charge in [0.05, 0.1) is 68.0 Å². The molecule has 6 saturated carbocycles. The molecule has 0 saturated heterocycles. The van der Waals surface area contributed by atoms with Crippen LogP contribution in [0.2, 0.25) is 10.0 Å². The largest absolute Gasteiger partial charge is 0.497 e. The zero-order valence-electron chi connectivity index (χ0n) is 77.3. The first-order valence-corrected chi connectivity index (χ1v) is 56.7. The summed E-state index contributed by atoms with van der Waals surface area (Å²) >= 11 is 12.2. The van der Waals surface area contributed by atoms with Crippen LogP contribution in [-0.2, 0) is 86.2 Å². The molecule has 136 heavy (non-hydrogen) atoms.